The van der Waals surface area contributed by atoms with Crippen molar-refractivity contribution in [3.63, 3.8) is 0 Å². The molecule has 112 valence electrons. The first-order valence-electron chi connectivity index (χ1n) is 7.68. The summed E-state index contributed by atoms with van der Waals surface area (Å²) < 4.78 is 0. The van der Waals surface area contributed by atoms with Crippen molar-refractivity contribution in [1.82, 2.24) is 0 Å². The van der Waals surface area contributed by atoms with Crippen LogP contribution < -0.4 is 5.32 Å². The molecule has 0 heterocycles. The second-order valence-electron chi connectivity index (χ2n) is 5.27. The maximum absolute atomic E-state index is 11.9. The number of rotatable bonds is 9. The van der Waals surface area contributed by atoms with Crippen molar-refractivity contribution in [2.24, 2.45) is 0 Å². The van der Waals surface area contributed by atoms with E-state index in [1.54, 1.807) is 0 Å². The number of halogens is 1. The second-order valence-corrected chi connectivity index (χ2v) is 6.64. The van der Waals surface area contributed by atoms with E-state index in [4.69, 9.17) is 0 Å². The molecule has 2 nitrogen and oxygen atoms in total. The summed E-state index contributed by atoms with van der Waals surface area (Å²) in [6.45, 7) is 4.29. The molecule has 0 saturated carbocycles. The second kappa shape index (κ2) is 9.98. The summed E-state index contributed by atoms with van der Waals surface area (Å²) in [7, 11) is 0. The van der Waals surface area contributed by atoms with Crippen molar-refractivity contribution in [3.8, 4) is 0 Å². The fourth-order valence-corrected chi connectivity index (χ4v) is 2.64. The van der Waals surface area contributed by atoms with Crippen LogP contribution in [0, 0.1) is 0 Å². The summed E-state index contributed by atoms with van der Waals surface area (Å²) >= 11 is 3.56. The van der Waals surface area contributed by atoms with Gasteiger partial charge in [0.05, 0.1) is 0 Å². The zero-order valence-electron chi connectivity index (χ0n) is 12.6. The largest absolute Gasteiger partial charge is 0.326 e. The maximum Gasteiger partial charge on any atom is 0.224 e. The van der Waals surface area contributed by atoms with Crippen molar-refractivity contribution in [3.05, 3.63) is 29.8 Å². The van der Waals surface area contributed by atoms with Crippen LogP contribution in [0.25, 0.3) is 0 Å². The van der Waals surface area contributed by atoms with Crippen molar-refractivity contribution in [1.29, 1.82) is 0 Å². The van der Waals surface area contributed by atoms with E-state index >= 15 is 0 Å². The molecule has 0 saturated heterocycles. The molecule has 1 amide bonds. The van der Waals surface area contributed by atoms with Crippen molar-refractivity contribution in [2.75, 3.05) is 5.32 Å². The van der Waals surface area contributed by atoms with Crippen molar-refractivity contribution in [2.45, 2.75) is 63.6 Å². The average molecular weight is 340 g/mol. The molecule has 1 N–H and O–H groups in total. The van der Waals surface area contributed by atoms with E-state index in [9.17, 15) is 4.79 Å². The van der Waals surface area contributed by atoms with Gasteiger partial charge in [-0.1, -0.05) is 73.2 Å². The standard InChI is InChI=1S/C17H26BrNO/c1-3-4-5-6-7-8-13-17(20)19-16-12-10-9-11-15(16)14(2)18/h9-12,14H,3-8,13H2,1-2H3,(H,19,20). The first-order chi connectivity index (χ1) is 9.65. The zero-order chi connectivity index (χ0) is 14.8. The third-order valence-corrected chi connectivity index (χ3v) is 3.91. The lowest BCUT2D eigenvalue weighted by Crippen LogP contribution is -2.12. The summed E-state index contributed by atoms with van der Waals surface area (Å²) in [6, 6.07) is 7.96. The van der Waals surface area contributed by atoms with E-state index < -0.39 is 0 Å². The van der Waals surface area contributed by atoms with Crippen LogP contribution in [0.2, 0.25) is 0 Å². The number of hydrogen-bond donors (Lipinski definition) is 1. The maximum atomic E-state index is 11.9. The van der Waals surface area contributed by atoms with Gasteiger partial charge in [-0.25, -0.2) is 0 Å². The lowest BCUT2D eigenvalue weighted by molar-refractivity contribution is -0.116. The molecule has 0 aromatic heterocycles. The molecule has 20 heavy (non-hydrogen) atoms. The van der Waals surface area contributed by atoms with E-state index in [1.165, 1.54) is 25.7 Å². The van der Waals surface area contributed by atoms with Gasteiger partial charge < -0.3 is 5.32 Å². The van der Waals surface area contributed by atoms with Crippen LogP contribution in [-0.4, -0.2) is 5.91 Å². The van der Waals surface area contributed by atoms with Crippen LogP contribution in [0.4, 0.5) is 5.69 Å². The molecular formula is C17H26BrNO. The number of para-hydroxylation sites is 1. The smallest absolute Gasteiger partial charge is 0.224 e. The van der Waals surface area contributed by atoms with E-state index in [0.29, 0.717) is 6.42 Å². The quantitative estimate of drug-likeness (QED) is 0.445. The van der Waals surface area contributed by atoms with Crippen LogP contribution in [0.1, 0.15) is 69.2 Å². The Labute approximate surface area is 131 Å². The number of carbonyl (C=O) groups is 1. The molecule has 3 heteroatoms. The van der Waals surface area contributed by atoms with E-state index in [2.05, 4.69) is 35.1 Å². The highest BCUT2D eigenvalue weighted by Gasteiger charge is 2.09. The molecule has 0 radical (unpaired) electrons. The number of amides is 1. The predicted molar refractivity (Wildman–Crippen MR) is 90.4 cm³/mol. The van der Waals surface area contributed by atoms with Crippen LogP contribution in [0.15, 0.2) is 24.3 Å². The van der Waals surface area contributed by atoms with Crippen LogP contribution >= 0.6 is 15.9 Å². The van der Waals surface area contributed by atoms with Crippen LogP contribution in [0.3, 0.4) is 0 Å². The topological polar surface area (TPSA) is 29.1 Å². The minimum absolute atomic E-state index is 0.126. The molecule has 0 bridgehead atoms. The molecular weight excluding hydrogens is 314 g/mol. The SMILES string of the molecule is CCCCCCCCC(=O)Nc1ccccc1C(C)Br. The molecule has 1 rings (SSSR count). The average Bonchev–Trinajstić information content (AvgIpc) is 2.43. The minimum Gasteiger partial charge on any atom is -0.326 e. The Morgan fingerprint density at radius 3 is 2.50 bits per heavy atom. The lowest BCUT2D eigenvalue weighted by Gasteiger charge is -2.12. The highest BCUT2D eigenvalue weighted by Crippen LogP contribution is 2.28. The Hall–Kier alpha value is -0.830. The summed E-state index contributed by atoms with van der Waals surface area (Å²) in [5, 5.41) is 3.02. The van der Waals surface area contributed by atoms with Crippen LogP contribution in [0.5, 0.6) is 0 Å². The number of carbonyl (C=O) groups excluding carboxylic acids is 1. The number of hydrogen-bond acceptors (Lipinski definition) is 1. The van der Waals surface area contributed by atoms with E-state index in [-0.39, 0.29) is 10.7 Å². The lowest BCUT2D eigenvalue weighted by atomic mass is 10.1. The Kier molecular flexibility index (Phi) is 8.59. The molecule has 0 aliphatic heterocycles. The first-order valence-corrected chi connectivity index (χ1v) is 8.59. The molecule has 1 aromatic rings. The molecule has 0 aliphatic carbocycles. The summed E-state index contributed by atoms with van der Waals surface area (Å²) in [6.07, 6.45) is 7.88. The fourth-order valence-electron chi connectivity index (χ4n) is 2.24. The summed E-state index contributed by atoms with van der Waals surface area (Å²) in [5.74, 6) is 0.126. The van der Waals surface area contributed by atoms with E-state index in [0.717, 1.165) is 24.1 Å². The van der Waals surface area contributed by atoms with Gasteiger partial charge in [0.15, 0.2) is 0 Å². The highest BCUT2D eigenvalue weighted by atomic mass is 79.9. The molecule has 0 spiro atoms. The van der Waals surface area contributed by atoms with E-state index in [1.807, 2.05) is 24.3 Å². The molecule has 1 unspecified atom stereocenters. The normalized spacial score (nSPS) is 12.2. The number of unbranched alkanes of at least 4 members (excludes halogenated alkanes) is 5. The van der Waals surface area contributed by atoms with Gasteiger partial charge in [-0.05, 0) is 25.0 Å². The summed E-state index contributed by atoms with van der Waals surface area (Å²) in [5.41, 5.74) is 2.05. The van der Waals surface area contributed by atoms with Gasteiger partial charge in [0.25, 0.3) is 0 Å². The molecule has 1 atom stereocenters. The van der Waals surface area contributed by atoms with Gasteiger partial charge in [-0.3, -0.25) is 4.79 Å². The monoisotopic (exact) mass is 339 g/mol. The number of alkyl halides is 1. The van der Waals surface area contributed by atoms with Gasteiger partial charge in [0.1, 0.15) is 0 Å². The minimum atomic E-state index is 0.126. The zero-order valence-corrected chi connectivity index (χ0v) is 14.2. The summed E-state index contributed by atoms with van der Waals surface area (Å²) in [4.78, 5) is 12.2. The third-order valence-electron chi connectivity index (χ3n) is 3.42. The predicted octanol–water partition coefficient (Wildman–Crippen LogP) is 5.83. The Bertz CT molecular complexity index is 404. The fraction of sp³-hybridized carbons (Fsp3) is 0.588. The molecule has 0 aliphatic rings. The van der Waals surface area contributed by atoms with Crippen molar-refractivity contribution < 1.29 is 4.79 Å². The third kappa shape index (κ3) is 6.56. The Morgan fingerprint density at radius 2 is 1.80 bits per heavy atom. The molecule has 0 fully saturated rings. The number of benzene rings is 1. The van der Waals surface area contributed by atoms with Gasteiger partial charge in [-0.2, -0.15) is 0 Å². The van der Waals surface area contributed by atoms with Crippen LogP contribution in [-0.2, 0) is 4.79 Å². The highest BCUT2D eigenvalue weighted by molar-refractivity contribution is 9.09. The van der Waals surface area contributed by atoms with Crippen molar-refractivity contribution >= 4 is 27.5 Å². The van der Waals surface area contributed by atoms with Gasteiger partial charge in [0, 0.05) is 16.9 Å². The van der Waals surface area contributed by atoms with Gasteiger partial charge >= 0.3 is 0 Å². The molecule has 1 aromatic carbocycles. The number of nitrogens with one attached hydrogen (secondary N) is 1. The van der Waals surface area contributed by atoms with Gasteiger partial charge in [0.2, 0.25) is 5.91 Å². The Balaban J connectivity index is 2.32. The first kappa shape index (κ1) is 17.2. The van der Waals surface area contributed by atoms with Gasteiger partial charge in [-0.15, -0.1) is 0 Å². The number of anilines is 1. The Morgan fingerprint density at radius 1 is 1.15 bits per heavy atom.